The lowest BCUT2D eigenvalue weighted by molar-refractivity contribution is -0.136. The molecule has 1 heterocycles. The third kappa shape index (κ3) is 4.09. The Hall–Kier alpha value is -0.130. The molecule has 1 fully saturated rings. The molecule has 0 aromatic heterocycles. The van der Waals surface area contributed by atoms with Crippen molar-refractivity contribution in [2.24, 2.45) is 0 Å². The van der Waals surface area contributed by atoms with Crippen molar-refractivity contribution in [1.82, 2.24) is 0 Å². The van der Waals surface area contributed by atoms with Gasteiger partial charge in [-0.15, -0.1) is 0 Å². The first-order valence-corrected chi connectivity index (χ1v) is 7.39. The Morgan fingerprint density at radius 2 is 2.13 bits per heavy atom. The van der Waals surface area contributed by atoms with Crippen LogP contribution in [0.15, 0.2) is 0 Å². The van der Waals surface area contributed by atoms with Crippen molar-refractivity contribution in [2.45, 2.75) is 44.3 Å². The van der Waals surface area contributed by atoms with Crippen LogP contribution in [0.2, 0.25) is 0 Å². The Balaban J connectivity index is 2.48. The minimum absolute atomic E-state index is 0.0209. The van der Waals surface area contributed by atoms with E-state index in [0.717, 1.165) is 19.3 Å². The van der Waals surface area contributed by atoms with Crippen molar-refractivity contribution in [3.8, 4) is 0 Å². The van der Waals surface area contributed by atoms with Crippen LogP contribution in [0.4, 0.5) is 0 Å². The second-order valence-electron chi connectivity index (χ2n) is 4.55. The Kier molecular flexibility index (Phi) is 4.14. The summed E-state index contributed by atoms with van der Waals surface area (Å²) in [6, 6.07) is 0. The minimum Gasteiger partial charge on any atom is -0.390 e. The van der Waals surface area contributed by atoms with Crippen molar-refractivity contribution >= 4 is 9.84 Å². The maximum absolute atomic E-state index is 11.0. The maximum Gasteiger partial charge on any atom is 0.147 e. The van der Waals surface area contributed by atoms with E-state index in [1.165, 1.54) is 6.26 Å². The van der Waals surface area contributed by atoms with Gasteiger partial charge in [0, 0.05) is 12.9 Å². The lowest BCUT2D eigenvalue weighted by atomic mass is 9.89. The molecular weight excluding hydrogens is 216 g/mol. The second kappa shape index (κ2) is 4.80. The molecule has 1 saturated heterocycles. The third-order valence-electron chi connectivity index (χ3n) is 2.97. The number of aliphatic hydroxyl groups is 1. The minimum atomic E-state index is -3.00. The number of rotatable bonds is 4. The molecule has 1 aliphatic heterocycles. The lowest BCUT2D eigenvalue weighted by Gasteiger charge is -2.37. The number of ether oxygens (including phenoxy) is 1. The van der Waals surface area contributed by atoms with E-state index in [0.29, 0.717) is 6.61 Å². The van der Waals surface area contributed by atoms with E-state index in [2.05, 4.69) is 0 Å². The molecule has 2 atom stereocenters. The summed E-state index contributed by atoms with van der Waals surface area (Å²) >= 11 is 0. The van der Waals surface area contributed by atoms with Gasteiger partial charge in [0.05, 0.1) is 17.5 Å². The Morgan fingerprint density at radius 1 is 1.47 bits per heavy atom. The fourth-order valence-corrected chi connectivity index (χ4v) is 2.50. The molecule has 5 heteroatoms. The van der Waals surface area contributed by atoms with Crippen molar-refractivity contribution in [3.63, 3.8) is 0 Å². The summed E-state index contributed by atoms with van der Waals surface area (Å²) in [7, 11) is -3.00. The van der Waals surface area contributed by atoms with E-state index in [-0.39, 0.29) is 12.2 Å². The van der Waals surface area contributed by atoms with Crippen molar-refractivity contribution in [1.29, 1.82) is 0 Å². The standard InChI is InChI=1S/C10H20O4S/c1-10(6-3-4-7-14-10)9(11)5-8-15(2,12)13/h9,11H,3-8H2,1-2H3. The highest BCUT2D eigenvalue weighted by atomic mass is 32.2. The second-order valence-corrected chi connectivity index (χ2v) is 6.81. The molecule has 0 amide bonds. The van der Waals surface area contributed by atoms with E-state index < -0.39 is 21.5 Å². The van der Waals surface area contributed by atoms with Crippen LogP contribution in [0, 0.1) is 0 Å². The zero-order valence-corrected chi connectivity index (χ0v) is 10.2. The summed E-state index contributed by atoms with van der Waals surface area (Å²) in [6.45, 7) is 2.52. The van der Waals surface area contributed by atoms with Gasteiger partial charge in [-0.1, -0.05) is 0 Å². The van der Waals surface area contributed by atoms with E-state index in [1.807, 2.05) is 6.92 Å². The highest BCUT2D eigenvalue weighted by Crippen LogP contribution is 2.29. The first-order chi connectivity index (χ1) is 6.83. The molecule has 0 radical (unpaired) electrons. The van der Waals surface area contributed by atoms with E-state index in [9.17, 15) is 13.5 Å². The highest BCUT2D eigenvalue weighted by molar-refractivity contribution is 7.90. The molecule has 0 aliphatic carbocycles. The van der Waals surface area contributed by atoms with Gasteiger partial charge in [0.25, 0.3) is 0 Å². The zero-order valence-electron chi connectivity index (χ0n) is 9.40. The summed E-state index contributed by atoms with van der Waals surface area (Å²) in [5, 5.41) is 9.91. The van der Waals surface area contributed by atoms with Gasteiger partial charge in [-0.3, -0.25) is 0 Å². The molecule has 15 heavy (non-hydrogen) atoms. The predicted octanol–water partition coefficient (Wildman–Crippen LogP) is 0.741. The van der Waals surface area contributed by atoms with E-state index >= 15 is 0 Å². The third-order valence-corrected chi connectivity index (χ3v) is 3.94. The quantitative estimate of drug-likeness (QED) is 0.782. The Morgan fingerprint density at radius 3 is 2.60 bits per heavy atom. The number of sulfone groups is 1. The van der Waals surface area contributed by atoms with Crippen LogP contribution in [0.25, 0.3) is 0 Å². The molecular formula is C10H20O4S. The summed E-state index contributed by atoms with van der Waals surface area (Å²) in [5.74, 6) is 0.0209. The first-order valence-electron chi connectivity index (χ1n) is 5.33. The average Bonchev–Trinajstić information content (AvgIpc) is 2.14. The summed E-state index contributed by atoms with van der Waals surface area (Å²) in [5.41, 5.74) is -0.553. The van der Waals surface area contributed by atoms with Crippen LogP contribution < -0.4 is 0 Å². The van der Waals surface area contributed by atoms with Gasteiger partial charge < -0.3 is 9.84 Å². The number of hydrogen-bond acceptors (Lipinski definition) is 4. The van der Waals surface area contributed by atoms with E-state index in [1.54, 1.807) is 0 Å². The fraction of sp³-hybridized carbons (Fsp3) is 1.00. The van der Waals surface area contributed by atoms with Gasteiger partial charge in [0.1, 0.15) is 9.84 Å². The summed E-state index contributed by atoms with van der Waals surface area (Å²) in [6.07, 6.45) is 3.62. The SMILES string of the molecule is CC1(C(O)CCS(C)(=O)=O)CCCCO1. The van der Waals surface area contributed by atoms with Gasteiger partial charge in [-0.05, 0) is 32.6 Å². The van der Waals surface area contributed by atoms with Gasteiger partial charge in [-0.2, -0.15) is 0 Å². The molecule has 1 N–H and O–H groups in total. The number of aliphatic hydroxyl groups excluding tert-OH is 1. The topological polar surface area (TPSA) is 63.6 Å². The van der Waals surface area contributed by atoms with Gasteiger partial charge in [-0.25, -0.2) is 8.42 Å². The monoisotopic (exact) mass is 236 g/mol. The van der Waals surface area contributed by atoms with Crippen LogP contribution in [-0.2, 0) is 14.6 Å². The normalized spacial score (nSPS) is 30.1. The van der Waals surface area contributed by atoms with Crippen LogP contribution in [-0.4, -0.2) is 43.8 Å². The maximum atomic E-state index is 11.0. The molecule has 0 aromatic carbocycles. The van der Waals surface area contributed by atoms with Crippen LogP contribution in [0.5, 0.6) is 0 Å². The molecule has 2 unspecified atom stereocenters. The molecule has 1 aliphatic rings. The van der Waals surface area contributed by atoms with Crippen molar-refractivity contribution in [3.05, 3.63) is 0 Å². The first kappa shape index (κ1) is 12.9. The smallest absolute Gasteiger partial charge is 0.147 e. The van der Waals surface area contributed by atoms with Gasteiger partial charge in [0.15, 0.2) is 0 Å². The van der Waals surface area contributed by atoms with E-state index in [4.69, 9.17) is 4.74 Å². The lowest BCUT2D eigenvalue weighted by Crippen LogP contribution is -2.45. The molecule has 4 nitrogen and oxygen atoms in total. The van der Waals surface area contributed by atoms with Gasteiger partial charge in [0.2, 0.25) is 0 Å². The molecule has 0 bridgehead atoms. The predicted molar refractivity (Wildman–Crippen MR) is 58.5 cm³/mol. The summed E-state index contributed by atoms with van der Waals surface area (Å²) in [4.78, 5) is 0. The molecule has 0 aromatic rings. The zero-order chi connectivity index (χ0) is 11.5. The van der Waals surface area contributed by atoms with Crippen molar-refractivity contribution in [2.75, 3.05) is 18.6 Å². The van der Waals surface area contributed by atoms with Gasteiger partial charge >= 0.3 is 0 Å². The van der Waals surface area contributed by atoms with Crippen molar-refractivity contribution < 1.29 is 18.3 Å². The number of hydrogen-bond donors (Lipinski definition) is 1. The molecule has 90 valence electrons. The highest BCUT2D eigenvalue weighted by Gasteiger charge is 2.35. The van der Waals surface area contributed by atoms with Crippen LogP contribution in [0.1, 0.15) is 32.6 Å². The average molecular weight is 236 g/mol. The largest absolute Gasteiger partial charge is 0.390 e. The Bertz CT molecular complexity index is 291. The molecule has 0 saturated carbocycles. The molecule has 1 rings (SSSR count). The fourth-order valence-electron chi connectivity index (χ4n) is 1.85. The van der Waals surface area contributed by atoms with Crippen LogP contribution in [0.3, 0.4) is 0 Å². The summed E-state index contributed by atoms with van der Waals surface area (Å²) < 4.78 is 27.5. The molecule has 0 spiro atoms. The van der Waals surface area contributed by atoms with Crippen LogP contribution >= 0.6 is 0 Å². The Labute approximate surface area is 91.6 Å².